The smallest absolute Gasteiger partial charge is 0.0650 e. The molecule has 1 fully saturated rings. The second kappa shape index (κ2) is 5.35. The van der Waals surface area contributed by atoms with Crippen LogP contribution in [0, 0.1) is 6.92 Å². The molecular weight excluding hydrogens is 258 g/mol. The van der Waals surface area contributed by atoms with E-state index in [1.54, 1.807) is 0 Å². The third-order valence-corrected chi connectivity index (χ3v) is 3.94. The van der Waals surface area contributed by atoms with Crippen molar-refractivity contribution in [3.8, 4) is 5.69 Å². The van der Waals surface area contributed by atoms with E-state index in [1.165, 1.54) is 18.5 Å². The standard InChI is InChI=1S/C15H18ClN3/c1-11-10-15(12-6-8-17-9-7-12)19(18-11)14-4-2-13(16)3-5-14/h2-5,10,12,17H,6-9H2,1H3. The number of hydrogen-bond donors (Lipinski definition) is 1. The molecule has 2 heterocycles. The molecule has 4 heteroatoms. The van der Waals surface area contributed by atoms with E-state index in [1.807, 2.05) is 24.3 Å². The third-order valence-electron chi connectivity index (χ3n) is 3.69. The summed E-state index contributed by atoms with van der Waals surface area (Å²) in [5.74, 6) is 0.595. The highest BCUT2D eigenvalue weighted by Gasteiger charge is 2.20. The molecule has 0 radical (unpaired) electrons. The number of aryl methyl sites for hydroxylation is 1. The van der Waals surface area contributed by atoms with Crippen LogP contribution in [0.5, 0.6) is 0 Å². The van der Waals surface area contributed by atoms with Crippen molar-refractivity contribution in [2.75, 3.05) is 13.1 Å². The minimum absolute atomic E-state index is 0.595. The van der Waals surface area contributed by atoms with Gasteiger partial charge in [-0.25, -0.2) is 4.68 Å². The molecule has 0 bridgehead atoms. The van der Waals surface area contributed by atoms with Crippen molar-refractivity contribution in [1.82, 2.24) is 15.1 Å². The van der Waals surface area contributed by atoms with Crippen LogP contribution in [0.25, 0.3) is 5.69 Å². The van der Waals surface area contributed by atoms with Crippen LogP contribution in [0.1, 0.15) is 30.1 Å². The van der Waals surface area contributed by atoms with Crippen LogP contribution in [0.15, 0.2) is 30.3 Å². The molecule has 2 aromatic rings. The number of piperidine rings is 1. The topological polar surface area (TPSA) is 29.9 Å². The quantitative estimate of drug-likeness (QED) is 0.911. The molecule has 1 aliphatic rings. The van der Waals surface area contributed by atoms with E-state index in [4.69, 9.17) is 11.6 Å². The maximum absolute atomic E-state index is 5.95. The first-order valence-electron chi connectivity index (χ1n) is 6.77. The Morgan fingerprint density at radius 1 is 1.21 bits per heavy atom. The second-order valence-corrected chi connectivity index (χ2v) is 5.56. The average Bonchev–Trinajstić information content (AvgIpc) is 2.83. The Labute approximate surface area is 118 Å². The maximum atomic E-state index is 5.95. The first kappa shape index (κ1) is 12.7. The summed E-state index contributed by atoms with van der Waals surface area (Å²) in [6.45, 7) is 4.24. The molecule has 0 unspecified atom stereocenters. The fourth-order valence-electron chi connectivity index (χ4n) is 2.72. The van der Waals surface area contributed by atoms with Crippen LogP contribution in [-0.2, 0) is 0 Å². The largest absolute Gasteiger partial charge is 0.317 e. The van der Waals surface area contributed by atoms with Crippen molar-refractivity contribution in [3.05, 3.63) is 46.7 Å². The SMILES string of the molecule is Cc1cc(C2CCNCC2)n(-c2ccc(Cl)cc2)n1. The number of benzene rings is 1. The first-order valence-corrected chi connectivity index (χ1v) is 7.15. The summed E-state index contributed by atoms with van der Waals surface area (Å²) in [6, 6.07) is 10.1. The van der Waals surface area contributed by atoms with Gasteiger partial charge in [0.25, 0.3) is 0 Å². The summed E-state index contributed by atoms with van der Waals surface area (Å²) in [7, 11) is 0. The average molecular weight is 276 g/mol. The predicted molar refractivity (Wildman–Crippen MR) is 78.2 cm³/mol. The lowest BCUT2D eigenvalue weighted by atomic mass is 9.94. The van der Waals surface area contributed by atoms with E-state index >= 15 is 0 Å². The van der Waals surface area contributed by atoms with E-state index in [0.717, 1.165) is 29.5 Å². The molecule has 0 amide bonds. The number of hydrogen-bond acceptors (Lipinski definition) is 2. The highest BCUT2D eigenvalue weighted by molar-refractivity contribution is 6.30. The number of rotatable bonds is 2. The lowest BCUT2D eigenvalue weighted by molar-refractivity contribution is 0.446. The molecule has 0 saturated carbocycles. The van der Waals surface area contributed by atoms with Crippen LogP contribution < -0.4 is 5.32 Å². The maximum Gasteiger partial charge on any atom is 0.0650 e. The van der Waals surface area contributed by atoms with Gasteiger partial charge in [-0.05, 0) is 63.2 Å². The van der Waals surface area contributed by atoms with Gasteiger partial charge in [0.15, 0.2) is 0 Å². The summed E-state index contributed by atoms with van der Waals surface area (Å²) in [4.78, 5) is 0. The van der Waals surface area contributed by atoms with Gasteiger partial charge in [-0.3, -0.25) is 0 Å². The fourth-order valence-corrected chi connectivity index (χ4v) is 2.84. The highest BCUT2D eigenvalue weighted by atomic mass is 35.5. The molecule has 1 aromatic heterocycles. The molecule has 1 saturated heterocycles. The highest BCUT2D eigenvalue weighted by Crippen LogP contribution is 2.28. The fraction of sp³-hybridized carbons (Fsp3) is 0.400. The Morgan fingerprint density at radius 2 is 1.89 bits per heavy atom. The Balaban J connectivity index is 1.98. The molecule has 0 aliphatic carbocycles. The second-order valence-electron chi connectivity index (χ2n) is 5.12. The predicted octanol–water partition coefficient (Wildman–Crippen LogP) is 3.30. The summed E-state index contributed by atoms with van der Waals surface area (Å²) < 4.78 is 2.07. The zero-order valence-electron chi connectivity index (χ0n) is 11.1. The summed E-state index contributed by atoms with van der Waals surface area (Å²) in [5.41, 5.74) is 3.48. The van der Waals surface area contributed by atoms with Crippen LogP contribution in [-0.4, -0.2) is 22.9 Å². The Hall–Kier alpha value is -1.32. The normalized spacial score (nSPS) is 16.7. The zero-order chi connectivity index (χ0) is 13.2. The van der Waals surface area contributed by atoms with Gasteiger partial charge in [-0.1, -0.05) is 11.6 Å². The summed E-state index contributed by atoms with van der Waals surface area (Å²) >= 11 is 5.95. The van der Waals surface area contributed by atoms with Crippen LogP contribution in [0.3, 0.4) is 0 Å². The lowest BCUT2D eigenvalue weighted by Gasteiger charge is -2.23. The van der Waals surface area contributed by atoms with Crippen LogP contribution in [0.2, 0.25) is 5.02 Å². The molecule has 0 spiro atoms. The Kier molecular flexibility index (Phi) is 3.58. The molecular formula is C15H18ClN3. The Bertz CT molecular complexity index is 553. The third kappa shape index (κ3) is 2.67. The minimum atomic E-state index is 0.595. The zero-order valence-corrected chi connectivity index (χ0v) is 11.8. The molecule has 0 atom stereocenters. The van der Waals surface area contributed by atoms with E-state index < -0.39 is 0 Å². The minimum Gasteiger partial charge on any atom is -0.317 e. The first-order chi connectivity index (χ1) is 9.24. The molecule has 3 rings (SSSR count). The number of nitrogens with one attached hydrogen (secondary N) is 1. The van der Waals surface area contributed by atoms with E-state index in [9.17, 15) is 0 Å². The van der Waals surface area contributed by atoms with Crippen LogP contribution in [0.4, 0.5) is 0 Å². The van der Waals surface area contributed by atoms with Crippen molar-refractivity contribution >= 4 is 11.6 Å². The Morgan fingerprint density at radius 3 is 2.58 bits per heavy atom. The lowest BCUT2D eigenvalue weighted by Crippen LogP contribution is -2.27. The summed E-state index contributed by atoms with van der Waals surface area (Å²) in [5, 5.41) is 8.81. The molecule has 100 valence electrons. The van der Waals surface area contributed by atoms with Crippen molar-refractivity contribution < 1.29 is 0 Å². The van der Waals surface area contributed by atoms with Gasteiger partial charge in [0.1, 0.15) is 0 Å². The number of aromatic nitrogens is 2. The van der Waals surface area contributed by atoms with Crippen molar-refractivity contribution in [2.24, 2.45) is 0 Å². The number of halogens is 1. The molecule has 3 nitrogen and oxygen atoms in total. The van der Waals surface area contributed by atoms with E-state index in [2.05, 4.69) is 28.1 Å². The van der Waals surface area contributed by atoms with Crippen LogP contribution >= 0.6 is 11.6 Å². The van der Waals surface area contributed by atoms with Crippen molar-refractivity contribution in [3.63, 3.8) is 0 Å². The van der Waals surface area contributed by atoms with Gasteiger partial charge in [-0.15, -0.1) is 0 Å². The van der Waals surface area contributed by atoms with Gasteiger partial charge in [0.2, 0.25) is 0 Å². The molecule has 1 aromatic carbocycles. The van der Waals surface area contributed by atoms with Crippen molar-refractivity contribution in [1.29, 1.82) is 0 Å². The number of nitrogens with zero attached hydrogens (tertiary/aromatic N) is 2. The molecule has 1 aliphatic heterocycles. The summed E-state index contributed by atoms with van der Waals surface area (Å²) in [6.07, 6.45) is 2.36. The van der Waals surface area contributed by atoms with Gasteiger partial charge in [0, 0.05) is 16.6 Å². The monoisotopic (exact) mass is 275 g/mol. The molecule has 19 heavy (non-hydrogen) atoms. The van der Waals surface area contributed by atoms with Gasteiger partial charge in [-0.2, -0.15) is 5.10 Å². The van der Waals surface area contributed by atoms with Gasteiger partial charge < -0.3 is 5.32 Å². The van der Waals surface area contributed by atoms with Gasteiger partial charge in [0.05, 0.1) is 11.4 Å². The van der Waals surface area contributed by atoms with Gasteiger partial charge >= 0.3 is 0 Å². The van der Waals surface area contributed by atoms with E-state index in [0.29, 0.717) is 5.92 Å². The molecule has 1 N–H and O–H groups in total. The van der Waals surface area contributed by atoms with E-state index in [-0.39, 0.29) is 0 Å². The van der Waals surface area contributed by atoms with Crippen molar-refractivity contribution in [2.45, 2.75) is 25.7 Å².